The second kappa shape index (κ2) is 4.64. The molecule has 0 aliphatic carbocycles. The maximum Gasteiger partial charge on any atom is 0.247 e. The summed E-state index contributed by atoms with van der Waals surface area (Å²) in [4.78, 5) is 10.4. The van der Waals surface area contributed by atoms with Crippen LogP contribution in [0.1, 0.15) is 5.56 Å². The van der Waals surface area contributed by atoms with Crippen molar-refractivity contribution in [2.75, 3.05) is 6.54 Å². The Bertz CT molecular complexity index is 258. The van der Waals surface area contributed by atoms with E-state index in [0.29, 0.717) is 6.54 Å². The van der Waals surface area contributed by atoms with Crippen LogP contribution in [0.25, 0.3) is 0 Å². The molecule has 1 amide bonds. The van der Waals surface area contributed by atoms with E-state index in [1.807, 2.05) is 0 Å². The van der Waals surface area contributed by atoms with Crippen LogP contribution in [0.5, 0.6) is 0 Å². The number of nitrogens with one attached hydrogen (secondary N) is 1. The van der Waals surface area contributed by atoms with Gasteiger partial charge in [-0.05, 0) is 6.07 Å². The molecule has 4 N–H and O–H groups in total. The van der Waals surface area contributed by atoms with Gasteiger partial charge in [0.1, 0.15) is 6.10 Å². The summed E-state index contributed by atoms with van der Waals surface area (Å²) in [6.07, 6.45) is 2.01. The molecule has 5 heteroatoms. The first-order valence-corrected chi connectivity index (χ1v) is 3.89. The summed E-state index contributed by atoms with van der Waals surface area (Å²) < 4.78 is 4.83. The van der Waals surface area contributed by atoms with E-state index >= 15 is 0 Å². The van der Waals surface area contributed by atoms with Gasteiger partial charge in [0.05, 0.1) is 12.5 Å². The molecule has 1 aromatic rings. The second-order valence-corrected chi connectivity index (χ2v) is 2.68. The van der Waals surface area contributed by atoms with Crippen molar-refractivity contribution in [3.8, 4) is 0 Å². The van der Waals surface area contributed by atoms with Gasteiger partial charge in [0.2, 0.25) is 5.91 Å². The molecule has 0 aliphatic rings. The van der Waals surface area contributed by atoms with Crippen LogP contribution in [0.3, 0.4) is 0 Å². The van der Waals surface area contributed by atoms with Gasteiger partial charge in [0, 0.05) is 18.7 Å². The van der Waals surface area contributed by atoms with Crippen LogP contribution in [-0.4, -0.2) is 23.7 Å². The minimum absolute atomic E-state index is 0.153. The van der Waals surface area contributed by atoms with Crippen LogP contribution in [0, 0.1) is 0 Å². The quantitative estimate of drug-likeness (QED) is 0.559. The van der Waals surface area contributed by atoms with Crippen LogP contribution in [0.15, 0.2) is 23.0 Å². The predicted octanol–water partition coefficient (Wildman–Crippen LogP) is -0.785. The zero-order chi connectivity index (χ0) is 9.68. The third-order valence-electron chi connectivity index (χ3n) is 1.58. The van der Waals surface area contributed by atoms with Gasteiger partial charge in [0.25, 0.3) is 0 Å². The van der Waals surface area contributed by atoms with E-state index in [1.165, 1.54) is 0 Å². The number of carbonyl (C=O) groups excluding carboxylic acids is 1. The smallest absolute Gasteiger partial charge is 0.247 e. The predicted molar refractivity (Wildman–Crippen MR) is 45.6 cm³/mol. The molecule has 0 spiro atoms. The van der Waals surface area contributed by atoms with Crippen LogP contribution < -0.4 is 11.1 Å². The van der Waals surface area contributed by atoms with Crippen LogP contribution in [-0.2, 0) is 11.3 Å². The topological polar surface area (TPSA) is 88.5 Å². The average molecular weight is 184 g/mol. The van der Waals surface area contributed by atoms with Crippen molar-refractivity contribution in [1.82, 2.24) is 5.32 Å². The van der Waals surface area contributed by atoms with Crippen molar-refractivity contribution in [3.05, 3.63) is 24.2 Å². The third-order valence-corrected chi connectivity index (χ3v) is 1.58. The summed E-state index contributed by atoms with van der Waals surface area (Å²) in [6, 6.07) is 1.80. The summed E-state index contributed by atoms with van der Waals surface area (Å²) in [6.45, 7) is 0.696. The van der Waals surface area contributed by atoms with E-state index < -0.39 is 12.0 Å². The third kappa shape index (κ3) is 3.27. The highest BCUT2D eigenvalue weighted by Crippen LogP contribution is 1.98. The number of rotatable bonds is 5. The summed E-state index contributed by atoms with van der Waals surface area (Å²) >= 11 is 0. The summed E-state index contributed by atoms with van der Waals surface area (Å²) in [5, 5.41) is 11.9. The molecule has 0 bridgehead atoms. The van der Waals surface area contributed by atoms with Crippen molar-refractivity contribution < 1.29 is 14.3 Å². The van der Waals surface area contributed by atoms with Gasteiger partial charge in [-0.25, -0.2) is 0 Å². The number of amides is 1. The fraction of sp³-hybridized carbons (Fsp3) is 0.375. The maximum absolute atomic E-state index is 10.4. The SMILES string of the molecule is NC(=O)C(O)CNCc1ccoc1. The fourth-order valence-corrected chi connectivity index (χ4v) is 0.847. The number of aliphatic hydroxyl groups is 1. The van der Waals surface area contributed by atoms with Gasteiger partial charge in [-0.2, -0.15) is 0 Å². The van der Waals surface area contributed by atoms with Crippen molar-refractivity contribution in [3.63, 3.8) is 0 Å². The van der Waals surface area contributed by atoms with E-state index in [4.69, 9.17) is 15.3 Å². The lowest BCUT2D eigenvalue weighted by Crippen LogP contribution is -2.37. The Balaban J connectivity index is 2.18. The Hall–Kier alpha value is -1.33. The minimum Gasteiger partial charge on any atom is -0.472 e. The summed E-state index contributed by atoms with van der Waals surface area (Å²) in [7, 11) is 0. The summed E-state index contributed by atoms with van der Waals surface area (Å²) in [5.74, 6) is -0.723. The molecule has 0 saturated carbocycles. The van der Waals surface area contributed by atoms with Gasteiger partial charge in [-0.3, -0.25) is 4.79 Å². The molecule has 1 atom stereocenters. The van der Waals surface area contributed by atoms with Crippen molar-refractivity contribution in [2.24, 2.45) is 5.73 Å². The monoisotopic (exact) mass is 184 g/mol. The number of aliphatic hydroxyl groups excluding tert-OH is 1. The Morgan fingerprint density at radius 1 is 1.77 bits per heavy atom. The molecule has 1 rings (SSSR count). The zero-order valence-electron chi connectivity index (χ0n) is 7.06. The molecule has 5 nitrogen and oxygen atoms in total. The number of carbonyl (C=O) groups is 1. The molecule has 72 valence electrons. The first-order valence-electron chi connectivity index (χ1n) is 3.89. The number of primary amides is 1. The lowest BCUT2D eigenvalue weighted by atomic mass is 10.3. The molecule has 0 aliphatic heterocycles. The van der Waals surface area contributed by atoms with E-state index in [2.05, 4.69) is 5.32 Å². The second-order valence-electron chi connectivity index (χ2n) is 2.68. The molecule has 0 radical (unpaired) electrons. The minimum atomic E-state index is -1.13. The molecular formula is C8H12N2O3. The zero-order valence-corrected chi connectivity index (χ0v) is 7.06. The highest BCUT2D eigenvalue weighted by atomic mass is 16.3. The fourth-order valence-electron chi connectivity index (χ4n) is 0.847. The molecular weight excluding hydrogens is 172 g/mol. The van der Waals surface area contributed by atoms with Crippen molar-refractivity contribution >= 4 is 5.91 Å². The number of hydrogen-bond donors (Lipinski definition) is 3. The maximum atomic E-state index is 10.4. The van der Waals surface area contributed by atoms with Gasteiger partial charge < -0.3 is 20.6 Å². The van der Waals surface area contributed by atoms with Crippen LogP contribution in [0.4, 0.5) is 0 Å². The largest absolute Gasteiger partial charge is 0.472 e. The summed E-state index contributed by atoms with van der Waals surface area (Å²) in [5.41, 5.74) is 5.80. The molecule has 0 saturated heterocycles. The van der Waals surface area contributed by atoms with Crippen LogP contribution in [0.2, 0.25) is 0 Å². The lowest BCUT2D eigenvalue weighted by Gasteiger charge is -2.06. The number of nitrogens with two attached hydrogens (primary N) is 1. The first-order chi connectivity index (χ1) is 6.20. The molecule has 1 heterocycles. The lowest BCUT2D eigenvalue weighted by molar-refractivity contribution is -0.125. The van der Waals surface area contributed by atoms with Gasteiger partial charge >= 0.3 is 0 Å². The highest BCUT2D eigenvalue weighted by molar-refractivity contribution is 5.78. The Kier molecular flexibility index (Phi) is 3.48. The molecule has 1 aromatic heterocycles. The van der Waals surface area contributed by atoms with Crippen molar-refractivity contribution in [2.45, 2.75) is 12.6 Å². The van der Waals surface area contributed by atoms with Crippen molar-refractivity contribution in [1.29, 1.82) is 0 Å². The number of hydrogen-bond acceptors (Lipinski definition) is 4. The molecule has 13 heavy (non-hydrogen) atoms. The normalized spacial score (nSPS) is 12.7. The molecule has 0 aromatic carbocycles. The molecule has 0 fully saturated rings. The van der Waals surface area contributed by atoms with Crippen LogP contribution >= 0.6 is 0 Å². The van der Waals surface area contributed by atoms with Gasteiger partial charge in [-0.15, -0.1) is 0 Å². The Morgan fingerprint density at radius 3 is 3.08 bits per heavy atom. The van der Waals surface area contributed by atoms with E-state index in [0.717, 1.165) is 5.56 Å². The van der Waals surface area contributed by atoms with Gasteiger partial charge in [-0.1, -0.05) is 0 Å². The number of furan rings is 1. The molecule has 1 unspecified atom stereocenters. The Morgan fingerprint density at radius 2 is 2.54 bits per heavy atom. The van der Waals surface area contributed by atoms with E-state index in [9.17, 15) is 4.79 Å². The highest BCUT2D eigenvalue weighted by Gasteiger charge is 2.09. The standard InChI is InChI=1S/C8H12N2O3/c9-8(12)7(11)4-10-3-6-1-2-13-5-6/h1-2,5,7,10-11H,3-4H2,(H2,9,12). The first kappa shape index (κ1) is 9.76. The van der Waals surface area contributed by atoms with E-state index in [-0.39, 0.29) is 6.54 Å². The Labute approximate surface area is 75.5 Å². The average Bonchev–Trinajstić information content (AvgIpc) is 2.56. The van der Waals surface area contributed by atoms with Gasteiger partial charge in [0.15, 0.2) is 0 Å². The van der Waals surface area contributed by atoms with E-state index in [1.54, 1.807) is 18.6 Å².